The predicted octanol–water partition coefficient (Wildman–Crippen LogP) is 8.28. The van der Waals surface area contributed by atoms with Crippen molar-refractivity contribution in [2.24, 2.45) is 0 Å². The van der Waals surface area contributed by atoms with Crippen molar-refractivity contribution in [2.45, 2.75) is 135 Å². The summed E-state index contributed by atoms with van der Waals surface area (Å²) in [5.74, 6) is -0.0732. The first-order valence-electron chi connectivity index (χ1n) is 15.0. The van der Waals surface area contributed by atoms with Crippen molar-refractivity contribution >= 4 is 5.91 Å². The molecule has 0 saturated heterocycles. The van der Waals surface area contributed by atoms with Gasteiger partial charge in [-0.15, -0.1) is 0 Å². The van der Waals surface area contributed by atoms with Gasteiger partial charge in [0.1, 0.15) is 0 Å². The minimum atomic E-state index is -0.671. The molecular formula is C33H57NO3. The van der Waals surface area contributed by atoms with Crippen LogP contribution in [0.2, 0.25) is 0 Å². The van der Waals surface area contributed by atoms with Crippen LogP contribution >= 0.6 is 0 Å². The Morgan fingerprint density at radius 1 is 0.676 bits per heavy atom. The van der Waals surface area contributed by atoms with E-state index in [-0.39, 0.29) is 12.5 Å². The second kappa shape index (κ2) is 28.7. The van der Waals surface area contributed by atoms with Gasteiger partial charge in [-0.2, -0.15) is 0 Å². The summed E-state index contributed by atoms with van der Waals surface area (Å²) in [5, 5.41) is 22.7. The number of unbranched alkanes of at least 4 members (excludes halogenated alkanes) is 8. The number of carbonyl (C=O) groups excluding carboxylic acids is 1. The zero-order valence-electron chi connectivity index (χ0n) is 24.0. The highest BCUT2D eigenvalue weighted by atomic mass is 16.3. The number of amides is 1. The molecule has 0 spiro atoms. The van der Waals surface area contributed by atoms with E-state index in [9.17, 15) is 15.0 Å². The minimum Gasteiger partial charge on any atom is -0.394 e. The molecule has 0 aliphatic carbocycles. The predicted molar refractivity (Wildman–Crippen MR) is 161 cm³/mol. The van der Waals surface area contributed by atoms with Crippen LogP contribution in [0.1, 0.15) is 123 Å². The van der Waals surface area contributed by atoms with E-state index in [0.717, 1.165) is 70.6 Å². The Morgan fingerprint density at radius 3 is 1.76 bits per heavy atom. The Bertz CT molecular complexity index is 648. The maximum absolute atomic E-state index is 12.2. The second-order valence-corrected chi connectivity index (χ2v) is 9.79. The van der Waals surface area contributed by atoms with E-state index in [0.29, 0.717) is 12.8 Å². The highest BCUT2D eigenvalue weighted by Crippen LogP contribution is 2.11. The topological polar surface area (TPSA) is 69.6 Å². The third kappa shape index (κ3) is 25.5. The smallest absolute Gasteiger partial charge is 0.220 e. The van der Waals surface area contributed by atoms with Crippen molar-refractivity contribution in [3.8, 4) is 0 Å². The average Bonchev–Trinajstić information content (AvgIpc) is 2.90. The van der Waals surface area contributed by atoms with Crippen LogP contribution in [-0.2, 0) is 4.79 Å². The summed E-state index contributed by atoms with van der Waals surface area (Å²) in [6.07, 6.45) is 38.5. The molecule has 0 fully saturated rings. The van der Waals surface area contributed by atoms with E-state index >= 15 is 0 Å². The number of allylic oxidation sites excluding steroid dienone is 10. The molecule has 0 rings (SSSR count). The van der Waals surface area contributed by atoms with Crippen LogP contribution in [0.15, 0.2) is 60.8 Å². The summed E-state index contributed by atoms with van der Waals surface area (Å²) >= 11 is 0. The van der Waals surface area contributed by atoms with Crippen LogP contribution in [0.4, 0.5) is 0 Å². The lowest BCUT2D eigenvalue weighted by atomic mass is 10.0. The number of carbonyl (C=O) groups is 1. The van der Waals surface area contributed by atoms with Gasteiger partial charge in [0.05, 0.1) is 18.8 Å². The highest BCUT2D eigenvalue weighted by Gasteiger charge is 2.19. The fourth-order valence-corrected chi connectivity index (χ4v) is 3.97. The monoisotopic (exact) mass is 515 g/mol. The minimum absolute atomic E-state index is 0.0732. The summed E-state index contributed by atoms with van der Waals surface area (Å²) in [6, 6.07) is -0.551. The quantitative estimate of drug-likeness (QED) is 0.0846. The molecule has 0 aromatic carbocycles. The normalized spacial score (nSPS) is 14.2. The van der Waals surface area contributed by atoms with Gasteiger partial charge >= 0.3 is 0 Å². The molecule has 3 N–H and O–H groups in total. The molecule has 0 radical (unpaired) electrons. The van der Waals surface area contributed by atoms with E-state index in [2.05, 4.69) is 79.9 Å². The van der Waals surface area contributed by atoms with Gasteiger partial charge in [-0.3, -0.25) is 4.79 Å². The lowest BCUT2D eigenvalue weighted by Crippen LogP contribution is -2.45. The molecule has 0 saturated carbocycles. The van der Waals surface area contributed by atoms with Crippen molar-refractivity contribution in [3.05, 3.63) is 60.8 Å². The molecule has 0 aromatic rings. The summed E-state index contributed by atoms with van der Waals surface area (Å²) in [5.41, 5.74) is 0. The average molecular weight is 516 g/mol. The third-order valence-corrected chi connectivity index (χ3v) is 6.29. The number of nitrogens with one attached hydrogen (secondary N) is 1. The zero-order valence-corrected chi connectivity index (χ0v) is 24.0. The fourth-order valence-electron chi connectivity index (χ4n) is 3.97. The van der Waals surface area contributed by atoms with Crippen molar-refractivity contribution in [3.63, 3.8) is 0 Å². The van der Waals surface area contributed by atoms with E-state index in [4.69, 9.17) is 0 Å². The third-order valence-electron chi connectivity index (χ3n) is 6.29. The molecule has 1 amide bonds. The number of rotatable bonds is 25. The molecule has 0 bridgehead atoms. The Hall–Kier alpha value is -1.91. The first kappa shape index (κ1) is 35.1. The standard InChI is InChI=1S/C33H57NO3/c1-3-5-7-9-11-12-13-14-15-16-17-18-19-20-21-22-23-25-27-29-33(37)34-31(30-35)32(36)28-26-24-10-8-6-4-2/h5,7,11-12,14-15,17-18,20-21,31-32,35-36H,3-4,6,8-10,13,16,19,22-30H2,1-2H3,(H,34,37)/b7-5-,12-11-,15-14-,18-17-,21-20-. The Labute approximate surface area is 228 Å². The van der Waals surface area contributed by atoms with E-state index in [1.165, 1.54) is 25.7 Å². The first-order valence-corrected chi connectivity index (χ1v) is 15.0. The van der Waals surface area contributed by atoms with Crippen LogP contribution < -0.4 is 5.32 Å². The Balaban J connectivity index is 3.72. The van der Waals surface area contributed by atoms with Crippen molar-refractivity contribution in [2.75, 3.05) is 6.61 Å². The van der Waals surface area contributed by atoms with Crippen LogP contribution in [0.3, 0.4) is 0 Å². The van der Waals surface area contributed by atoms with Crippen LogP contribution in [0, 0.1) is 0 Å². The van der Waals surface area contributed by atoms with Crippen molar-refractivity contribution in [1.82, 2.24) is 5.32 Å². The lowest BCUT2D eigenvalue weighted by Gasteiger charge is -2.22. The molecule has 37 heavy (non-hydrogen) atoms. The Morgan fingerprint density at radius 2 is 1.19 bits per heavy atom. The Kier molecular flexibility index (Phi) is 27.2. The van der Waals surface area contributed by atoms with Gasteiger partial charge in [-0.1, -0.05) is 120 Å². The van der Waals surface area contributed by atoms with Crippen LogP contribution in [0.5, 0.6) is 0 Å². The SMILES string of the molecule is CC/C=C\C/C=C\C/C=C\C/C=C\C/C=C\CCCCCC(=O)NC(CO)C(O)CCCCCCCC. The lowest BCUT2D eigenvalue weighted by molar-refractivity contribution is -0.123. The molecule has 0 aliphatic rings. The van der Waals surface area contributed by atoms with E-state index in [1.54, 1.807) is 0 Å². The maximum atomic E-state index is 12.2. The molecule has 0 aromatic heterocycles. The van der Waals surface area contributed by atoms with Gasteiger partial charge in [0.15, 0.2) is 0 Å². The van der Waals surface area contributed by atoms with E-state index < -0.39 is 12.1 Å². The maximum Gasteiger partial charge on any atom is 0.220 e. The number of hydrogen-bond acceptors (Lipinski definition) is 3. The molecule has 4 heteroatoms. The summed E-state index contributed by atoms with van der Waals surface area (Å²) in [4.78, 5) is 12.2. The van der Waals surface area contributed by atoms with Gasteiger partial charge in [0.2, 0.25) is 5.91 Å². The summed E-state index contributed by atoms with van der Waals surface area (Å²) in [7, 11) is 0. The molecule has 0 aliphatic heterocycles. The van der Waals surface area contributed by atoms with Crippen molar-refractivity contribution in [1.29, 1.82) is 0 Å². The first-order chi connectivity index (χ1) is 18.2. The van der Waals surface area contributed by atoms with Crippen molar-refractivity contribution < 1.29 is 15.0 Å². The second-order valence-electron chi connectivity index (χ2n) is 9.79. The summed E-state index contributed by atoms with van der Waals surface area (Å²) < 4.78 is 0. The highest BCUT2D eigenvalue weighted by molar-refractivity contribution is 5.76. The fraction of sp³-hybridized carbons (Fsp3) is 0.667. The zero-order chi connectivity index (χ0) is 27.2. The molecule has 4 nitrogen and oxygen atoms in total. The van der Waals surface area contributed by atoms with Gasteiger partial charge in [0.25, 0.3) is 0 Å². The van der Waals surface area contributed by atoms with Gasteiger partial charge in [0, 0.05) is 6.42 Å². The summed E-state index contributed by atoms with van der Waals surface area (Å²) in [6.45, 7) is 4.14. The molecule has 0 heterocycles. The van der Waals surface area contributed by atoms with Gasteiger partial charge < -0.3 is 15.5 Å². The molecule has 2 atom stereocenters. The largest absolute Gasteiger partial charge is 0.394 e. The van der Waals surface area contributed by atoms with Crippen LogP contribution in [-0.4, -0.2) is 34.9 Å². The molecular weight excluding hydrogens is 458 g/mol. The molecule has 2 unspecified atom stereocenters. The van der Waals surface area contributed by atoms with Gasteiger partial charge in [-0.05, 0) is 57.8 Å². The van der Waals surface area contributed by atoms with E-state index in [1.807, 2.05) is 0 Å². The van der Waals surface area contributed by atoms with Crippen LogP contribution in [0.25, 0.3) is 0 Å². The number of hydrogen-bond donors (Lipinski definition) is 3. The number of aliphatic hydroxyl groups is 2. The van der Waals surface area contributed by atoms with Gasteiger partial charge in [-0.25, -0.2) is 0 Å². The number of aliphatic hydroxyl groups excluding tert-OH is 2. The molecule has 212 valence electrons.